The number of fused-ring (bicyclic) bond motifs is 1. The summed E-state index contributed by atoms with van der Waals surface area (Å²) >= 11 is 8.68. The maximum Gasteiger partial charge on any atom is 0.127 e. The second kappa shape index (κ2) is 4.96. The second-order valence-corrected chi connectivity index (χ2v) is 7.61. The fourth-order valence-electron chi connectivity index (χ4n) is 2.18. The molecule has 2 nitrogen and oxygen atoms in total. The smallest absolute Gasteiger partial charge is 0.127 e. The quantitative estimate of drug-likeness (QED) is 0.834. The van der Waals surface area contributed by atoms with Crippen molar-refractivity contribution in [3.05, 3.63) is 48.5 Å². The van der Waals surface area contributed by atoms with Gasteiger partial charge < -0.3 is 10.5 Å². The molecule has 2 heterocycles. The van der Waals surface area contributed by atoms with Crippen molar-refractivity contribution in [1.82, 2.24) is 0 Å². The second-order valence-electron chi connectivity index (χ2n) is 4.20. The first-order valence-electron chi connectivity index (χ1n) is 5.61. The Labute approximate surface area is 126 Å². The number of thiophene rings is 1. The van der Waals surface area contributed by atoms with Crippen LogP contribution in [0.15, 0.2) is 32.5 Å². The van der Waals surface area contributed by atoms with Gasteiger partial charge in [0.1, 0.15) is 5.75 Å². The number of benzene rings is 1. The zero-order valence-electron chi connectivity index (χ0n) is 9.45. The molecule has 3 rings (SSSR count). The maximum absolute atomic E-state index is 6.36. The van der Waals surface area contributed by atoms with Crippen LogP contribution in [0, 0.1) is 0 Å². The van der Waals surface area contributed by atoms with Crippen LogP contribution < -0.4 is 10.5 Å². The number of halogens is 2. The summed E-state index contributed by atoms with van der Waals surface area (Å²) in [6.07, 6.45) is 0.961. The Morgan fingerprint density at radius 1 is 1.28 bits per heavy atom. The van der Waals surface area contributed by atoms with Gasteiger partial charge in [0, 0.05) is 21.3 Å². The molecule has 0 aliphatic carbocycles. The van der Waals surface area contributed by atoms with E-state index in [4.69, 9.17) is 10.5 Å². The molecule has 1 aliphatic heterocycles. The van der Waals surface area contributed by atoms with Gasteiger partial charge in [-0.2, -0.15) is 0 Å². The number of rotatable bonds is 2. The number of hydrogen-bond acceptors (Lipinski definition) is 3. The average Bonchev–Trinajstić information content (AvgIpc) is 2.95. The van der Waals surface area contributed by atoms with Gasteiger partial charge in [0.2, 0.25) is 0 Å². The molecule has 0 saturated heterocycles. The summed E-state index contributed by atoms with van der Waals surface area (Å²) in [6, 6.07) is 8.12. The van der Waals surface area contributed by atoms with Crippen molar-refractivity contribution >= 4 is 43.2 Å². The summed E-state index contributed by atoms with van der Waals surface area (Å²) in [5, 5.41) is 0. The highest BCUT2D eigenvalue weighted by atomic mass is 79.9. The Morgan fingerprint density at radius 2 is 2.11 bits per heavy atom. The lowest BCUT2D eigenvalue weighted by Crippen LogP contribution is -2.11. The summed E-state index contributed by atoms with van der Waals surface area (Å²) in [5.74, 6) is 0.968. The first kappa shape index (κ1) is 12.7. The predicted octanol–water partition coefficient (Wildman–Crippen LogP) is 4.26. The van der Waals surface area contributed by atoms with Crippen LogP contribution in [0.3, 0.4) is 0 Å². The van der Waals surface area contributed by atoms with Gasteiger partial charge in [-0.05, 0) is 45.8 Å². The predicted molar refractivity (Wildman–Crippen MR) is 81.4 cm³/mol. The Balaban J connectivity index is 2.06. The molecule has 5 heteroatoms. The fraction of sp³-hybridized carbons (Fsp3) is 0.231. The molecule has 1 aromatic heterocycles. The lowest BCUT2D eigenvalue weighted by atomic mass is 10.0. The standard InChI is InChI=1S/C13H11Br2NOS/c14-8-5-7-3-4-17-13(7)9(6-8)12(16)10-1-2-11(15)18-10/h1-2,5-6,12H,3-4,16H2. The van der Waals surface area contributed by atoms with E-state index in [1.54, 1.807) is 11.3 Å². The first-order chi connectivity index (χ1) is 8.65. The van der Waals surface area contributed by atoms with E-state index in [-0.39, 0.29) is 6.04 Å². The van der Waals surface area contributed by atoms with Crippen LogP contribution in [0.4, 0.5) is 0 Å². The zero-order valence-corrected chi connectivity index (χ0v) is 13.4. The third kappa shape index (κ3) is 2.25. The summed E-state index contributed by atoms with van der Waals surface area (Å²) in [7, 11) is 0. The van der Waals surface area contributed by atoms with Crippen molar-refractivity contribution < 1.29 is 4.74 Å². The molecule has 1 atom stereocenters. The van der Waals surface area contributed by atoms with Gasteiger partial charge in [0.05, 0.1) is 16.4 Å². The molecule has 0 amide bonds. The van der Waals surface area contributed by atoms with E-state index in [1.807, 2.05) is 6.07 Å². The monoisotopic (exact) mass is 387 g/mol. The van der Waals surface area contributed by atoms with Crippen molar-refractivity contribution in [2.45, 2.75) is 12.5 Å². The van der Waals surface area contributed by atoms with E-state index in [0.717, 1.165) is 37.5 Å². The number of nitrogens with two attached hydrogens (primary N) is 1. The number of ether oxygens (including phenoxy) is 1. The van der Waals surface area contributed by atoms with Crippen LogP contribution in [0.25, 0.3) is 0 Å². The van der Waals surface area contributed by atoms with Crippen LogP contribution in [0.2, 0.25) is 0 Å². The van der Waals surface area contributed by atoms with Crippen LogP contribution in [-0.2, 0) is 6.42 Å². The molecule has 94 valence electrons. The zero-order chi connectivity index (χ0) is 12.7. The minimum Gasteiger partial charge on any atom is -0.493 e. The molecule has 1 unspecified atom stereocenters. The van der Waals surface area contributed by atoms with Crippen molar-refractivity contribution in [2.24, 2.45) is 5.73 Å². The van der Waals surface area contributed by atoms with Gasteiger partial charge in [0.15, 0.2) is 0 Å². The van der Waals surface area contributed by atoms with Gasteiger partial charge >= 0.3 is 0 Å². The van der Waals surface area contributed by atoms with Crippen LogP contribution in [0.1, 0.15) is 22.0 Å². The molecule has 18 heavy (non-hydrogen) atoms. The Hall–Kier alpha value is -0.360. The van der Waals surface area contributed by atoms with Gasteiger partial charge in [-0.15, -0.1) is 11.3 Å². The topological polar surface area (TPSA) is 35.2 Å². The van der Waals surface area contributed by atoms with Crippen molar-refractivity contribution in [3.8, 4) is 5.75 Å². The highest BCUT2D eigenvalue weighted by Gasteiger charge is 2.23. The fourth-order valence-corrected chi connectivity index (χ4v) is 4.14. The van der Waals surface area contributed by atoms with Crippen molar-refractivity contribution in [1.29, 1.82) is 0 Å². The molecule has 0 bridgehead atoms. The third-order valence-corrected chi connectivity index (χ3v) is 5.18. The molecule has 2 aromatic rings. The highest BCUT2D eigenvalue weighted by Crippen LogP contribution is 2.39. The molecular formula is C13H11Br2NOS. The average molecular weight is 389 g/mol. The molecule has 0 spiro atoms. The summed E-state index contributed by atoms with van der Waals surface area (Å²) < 4.78 is 7.89. The minimum atomic E-state index is -0.134. The van der Waals surface area contributed by atoms with Gasteiger partial charge in [-0.25, -0.2) is 0 Å². The molecular weight excluding hydrogens is 378 g/mol. The summed E-state index contributed by atoms with van der Waals surface area (Å²) in [6.45, 7) is 0.750. The molecule has 1 aliphatic rings. The first-order valence-corrected chi connectivity index (χ1v) is 8.01. The Bertz CT molecular complexity index is 597. The van der Waals surface area contributed by atoms with E-state index in [9.17, 15) is 0 Å². The highest BCUT2D eigenvalue weighted by molar-refractivity contribution is 9.11. The van der Waals surface area contributed by atoms with E-state index in [0.29, 0.717) is 0 Å². The lowest BCUT2D eigenvalue weighted by Gasteiger charge is -2.15. The summed E-state index contributed by atoms with van der Waals surface area (Å²) in [5.41, 5.74) is 8.66. The van der Waals surface area contributed by atoms with E-state index in [2.05, 4.69) is 50.1 Å². The third-order valence-electron chi connectivity index (χ3n) is 3.01. The van der Waals surface area contributed by atoms with E-state index >= 15 is 0 Å². The van der Waals surface area contributed by atoms with E-state index < -0.39 is 0 Å². The molecule has 0 saturated carbocycles. The summed E-state index contributed by atoms with van der Waals surface area (Å²) in [4.78, 5) is 1.14. The van der Waals surface area contributed by atoms with Gasteiger partial charge in [-0.3, -0.25) is 0 Å². The molecule has 0 fully saturated rings. The van der Waals surface area contributed by atoms with E-state index in [1.165, 1.54) is 5.56 Å². The maximum atomic E-state index is 6.36. The Morgan fingerprint density at radius 3 is 2.83 bits per heavy atom. The Kier molecular flexibility index (Phi) is 3.49. The normalized spacial score (nSPS) is 15.3. The number of hydrogen-bond donors (Lipinski definition) is 1. The van der Waals surface area contributed by atoms with Crippen molar-refractivity contribution in [3.63, 3.8) is 0 Å². The van der Waals surface area contributed by atoms with Gasteiger partial charge in [-0.1, -0.05) is 15.9 Å². The molecule has 0 radical (unpaired) electrons. The lowest BCUT2D eigenvalue weighted by molar-refractivity contribution is 0.352. The molecule has 2 N–H and O–H groups in total. The molecule has 1 aromatic carbocycles. The van der Waals surface area contributed by atoms with Crippen molar-refractivity contribution in [2.75, 3.05) is 6.61 Å². The van der Waals surface area contributed by atoms with Crippen LogP contribution >= 0.6 is 43.2 Å². The SMILES string of the molecule is NC(c1ccc(Br)s1)c1cc(Br)cc2c1OCC2. The van der Waals surface area contributed by atoms with Gasteiger partial charge in [0.25, 0.3) is 0 Å². The largest absolute Gasteiger partial charge is 0.493 e. The van der Waals surface area contributed by atoms with Crippen LogP contribution in [-0.4, -0.2) is 6.61 Å². The minimum absolute atomic E-state index is 0.134. The van der Waals surface area contributed by atoms with Crippen LogP contribution in [0.5, 0.6) is 5.75 Å².